The van der Waals surface area contributed by atoms with E-state index in [0.29, 0.717) is 19.8 Å². The van der Waals surface area contributed by atoms with E-state index in [0.717, 1.165) is 6.07 Å². The predicted octanol–water partition coefficient (Wildman–Crippen LogP) is 3.05. The van der Waals surface area contributed by atoms with Crippen molar-refractivity contribution in [2.24, 2.45) is 0 Å². The van der Waals surface area contributed by atoms with Gasteiger partial charge in [-0.25, -0.2) is 0 Å². The average Bonchev–Trinajstić information content (AvgIpc) is 2.37. The minimum absolute atomic E-state index is 0.00529. The van der Waals surface area contributed by atoms with E-state index in [4.69, 9.17) is 10.00 Å². The summed E-state index contributed by atoms with van der Waals surface area (Å²) in [6.07, 6.45) is -4.48. The van der Waals surface area contributed by atoms with Crippen LogP contribution in [0, 0.1) is 11.3 Å². The Balaban J connectivity index is 3.03. The molecule has 1 rings (SSSR count). The summed E-state index contributed by atoms with van der Waals surface area (Å²) in [5.74, 6) is 0. The Hall–Kier alpha value is -1.74. The number of rotatable bonds is 5. The van der Waals surface area contributed by atoms with E-state index in [2.05, 4.69) is 0 Å². The van der Waals surface area contributed by atoms with E-state index in [1.165, 1.54) is 17.0 Å². The number of ether oxygens (including phenoxy) is 1. The van der Waals surface area contributed by atoms with E-state index >= 15 is 0 Å². The van der Waals surface area contributed by atoms with E-state index in [9.17, 15) is 13.2 Å². The van der Waals surface area contributed by atoms with Gasteiger partial charge in [-0.15, -0.1) is 0 Å². The van der Waals surface area contributed by atoms with Gasteiger partial charge in [0, 0.05) is 25.9 Å². The van der Waals surface area contributed by atoms with Crippen molar-refractivity contribution in [3.63, 3.8) is 0 Å². The van der Waals surface area contributed by atoms with E-state index in [1.54, 1.807) is 13.1 Å². The molecule has 0 atom stereocenters. The van der Waals surface area contributed by atoms with Crippen LogP contribution in [0.5, 0.6) is 0 Å². The zero-order valence-corrected chi connectivity index (χ0v) is 10.8. The van der Waals surface area contributed by atoms with Crippen molar-refractivity contribution in [3.05, 3.63) is 29.3 Å². The minimum Gasteiger partial charge on any atom is -0.380 e. The Kier molecular flexibility index (Phi) is 5.19. The largest absolute Gasteiger partial charge is 0.418 e. The Morgan fingerprint density at radius 3 is 2.58 bits per heavy atom. The maximum absolute atomic E-state index is 12.9. The van der Waals surface area contributed by atoms with Gasteiger partial charge in [-0.3, -0.25) is 0 Å². The van der Waals surface area contributed by atoms with Crippen LogP contribution in [-0.2, 0) is 10.9 Å². The first-order valence-corrected chi connectivity index (χ1v) is 5.80. The molecule has 3 nitrogen and oxygen atoms in total. The number of likely N-dealkylation sites (N-methyl/N-ethyl adjacent to an activating group) is 1. The smallest absolute Gasteiger partial charge is 0.380 e. The number of benzene rings is 1. The molecule has 0 aliphatic heterocycles. The molecule has 1 aromatic rings. The minimum atomic E-state index is -4.48. The van der Waals surface area contributed by atoms with Crippen LogP contribution in [-0.4, -0.2) is 26.8 Å². The molecule has 0 saturated carbocycles. The number of hydrogen-bond donors (Lipinski definition) is 0. The maximum atomic E-state index is 12.9. The summed E-state index contributed by atoms with van der Waals surface area (Å²) in [6.45, 7) is 3.04. The molecule has 0 spiro atoms. The van der Waals surface area contributed by atoms with Crippen LogP contribution in [0.15, 0.2) is 18.2 Å². The van der Waals surface area contributed by atoms with Crippen LogP contribution in [0.4, 0.5) is 18.9 Å². The highest BCUT2D eigenvalue weighted by Gasteiger charge is 2.34. The van der Waals surface area contributed by atoms with Crippen molar-refractivity contribution >= 4 is 5.69 Å². The summed E-state index contributed by atoms with van der Waals surface area (Å²) >= 11 is 0. The van der Waals surface area contributed by atoms with Crippen LogP contribution in [0.25, 0.3) is 0 Å². The lowest BCUT2D eigenvalue weighted by Crippen LogP contribution is -2.25. The Morgan fingerprint density at radius 1 is 1.37 bits per heavy atom. The molecule has 0 aliphatic carbocycles. The van der Waals surface area contributed by atoms with Crippen molar-refractivity contribution in [3.8, 4) is 6.07 Å². The summed E-state index contributed by atoms with van der Waals surface area (Å²) < 4.78 is 44.0. The molecule has 0 heterocycles. The molecule has 0 unspecified atom stereocenters. The van der Waals surface area contributed by atoms with Crippen LogP contribution < -0.4 is 4.90 Å². The molecule has 0 N–H and O–H groups in total. The maximum Gasteiger partial charge on any atom is 0.418 e. The number of alkyl halides is 3. The first-order chi connectivity index (χ1) is 8.90. The van der Waals surface area contributed by atoms with Gasteiger partial charge in [-0.2, -0.15) is 18.4 Å². The summed E-state index contributed by atoms with van der Waals surface area (Å²) in [7, 11) is 1.57. The summed E-state index contributed by atoms with van der Waals surface area (Å²) in [5, 5.41) is 8.68. The number of nitrogens with zero attached hydrogens (tertiary/aromatic N) is 2. The average molecular weight is 272 g/mol. The van der Waals surface area contributed by atoms with E-state index < -0.39 is 11.7 Å². The van der Waals surface area contributed by atoms with Gasteiger partial charge in [0.2, 0.25) is 0 Å². The van der Waals surface area contributed by atoms with Gasteiger partial charge in [0.25, 0.3) is 0 Å². The second-order valence-corrected chi connectivity index (χ2v) is 3.96. The topological polar surface area (TPSA) is 36.3 Å². The van der Waals surface area contributed by atoms with Crippen molar-refractivity contribution in [1.29, 1.82) is 5.26 Å². The third kappa shape index (κ3) is 4.14. The Labute approximate surface area is 110 Å². The van der Waals surface area contributed by atoms with Crippen molar-refractivity contribution in [2.75, 3.05) is 31.7 Å². The van der Waals surface area contributed by atoms with Gasteiger partial charge in [0.05, 0.1) is 23.8 Å². The molecule has 0 amide bonds. The van der Waals surface area contributed by atoms with Crippen molar-refractivity contribution in [1.82, 2.24) is 0 Å². The zero-order valence-electron chi connectivity index (χ0n) is 10.8. The second-order valence-electron chi connectivity index (χ2n) is 3.96. The third-order valence-electron chi connectivity index (χ3n) is 2.62. The first kappa shape index (κ1) is 15.3. The quantitative estimate of drug-likeness (QED) is 0.773. The number of hydrogen-bond acceptors (Lipinski definition) is 3. The summed E-state index contributed by atoms with van der Waals surface area (Å²) in [4.78, 5) is 1.47. The molecule has 0 radical (unpaired) electrons. The summed E-state index contributed by atoms with van der Waals surface area (Å²) in [5.41, 5.74) is -0.758. The fourth-order valence-electron chi connectivity index (χ4n) is 1.63. The fourth-order valence-corrected chi connectivity index (χ4v) is 1.63. The molecular formula is C13H15F3N2O. The normalized spacial score (nSPS) is 11.2. The lowest BCUT2D eigenvalue weighted by Gasteiger charge is -2.23. The van der Waals surface area contributed by atoms with Gasteiger partial charge < -0.3 is 9.64 Å². The van der Waals surface area contributed by atoms with Gasteiger partial charge in [-0.1, -0.05) is 0 Å². The molecule has 0 fully saturated rings. The predicted molar refractivity (Wildman–Crippen MR) is 65.9 cm³/mol. The monoisotopic (exact) mass is 272 g/mol. The zero-order chi connectivity index (χ0) is 14.5. The number of halogens is 3. The van der Waals surface area contributed by atoms with Crippen molar-refractivity contribution in [2.45, 2.75) is 13.1 Å². The highest BCUT2D eigenvalue weighted by Crippen LogP contribution is 2.36. The van der Waals surface area contributed by atoms with Gasteiger partial charge in [-0.05, 0) is 25.1 Å². The molecule has 6 heteroatoms. The van der Waals surface area contributed by atoms with Crippen LogP contribution >= 0.6 is 0 Å². The molecule has 0 aromatic heterocycles. The Bertz CT molecular complexity index is 466. The number of nitriles is 1. The second kappa shape index (κ2) is 6.43. The van der Waals surface area contributed by atoms with Crippen LogP contribution in [0.2, 0.25) is 0 Å². The highest BCUT2D eigenvalue weighted by molar-refractivity contribution is 5.57. The number of anilines is 1. The van der Waals surface area contributed by atoms with Gasteiger partial charge in [0.15, 0.2) is 0 Å². The third-order valence-corrected chi connectivity index (χ3v) is 2.62. The van der Waals surface area contributed by atoms with E-state index in [1.807, 2.05) is 6.92 Å². The SMILES string of the molecule is CCOCCN(C)c1ccc(C#N)cc1C(F)(F)F. The molecule has 0 bridgehead atoms. The van der Waals surface area contributed by atoms with Gasteiger partial charge in [0.1, 0.15) is 0 Å². The van der Waals surface area contributed by atoms with Crippen LogP contribution in [0.3, 0.4) is 0 Å². The molecule has 1 aromatic carbocycles. The van der Waals surface area contributed by atoms with Crippen molar-refractivity contribution < 1.29 is 17.9 Å². The molecular weight excluding hydrogens is 257 g/mol. The van der Waals surface area contributed by atoms with E-state index in [-0.39, 0.29) is 11.3 Å². The molecule has 19 heavy (non-hydrogen) atoms. The highest BCUT2D eigenvalue weighted by atomic mass is 19.4. The molecule has 0 saturated heterocycles. The Morgan fingerprint density at radius 2 is 2.05 bits per heavy atom. The fraction of sp³-hybridized carbons (Fsp3) is 0.462. The van der Waals surface area contributed by atoms with Gasteiger partial charge >= 0.3 is 6.18 Å². The standard InChI is InChI=1S/C13H15F3N2O/c1-3-19-7-6-18(2)12-5-4-10(9-17)8-11(12)13(14,15)16/h4-5,8H,3,6-7H2,1-2H3. The lowest BCUT2D eigenvalue weighted by molar-refractivity contribution is -0.137. The van der Waals surface area contributed by atoms with Crippen LogP contribution in [0.1, 0.15) is 18.1 Å². The first-order valence-electron chi connectivity index (χ1n) is 5.80. The lowest BCUT2D eigenvalue weighted by atomic mass is 10.1. The molecule has 104 valence electrons. The molecule has 0 aliphatic rings. The summed E-state index contributed by atoms with van der Waals surface area (Å²) in [6, 6.07) is 5.27.